The lowest BCUT2D eigenvalue weighted by Gasteiger charge is -2.03. The van der Waals surface area contributed by atoms with E-state index in [2.05, 4.69) is 0 Å². The third-order valence-corrected chi connectivity index (χ3v) is 2.95. The van der Waals surface area contributed by atoms with Crippen LogP contribution >= 0.6 is 10.7 Å². The van der Waals surface area contributed by atoms with Gasteiger partial charge >= 0.3 is 0 Å². The Morgan fingerprint density at radius 3 is 2.64 bits per heavy atom. The van der Waals surface area contributed by atoms with Gasteiger partial charge in [-0.3, -0.25) is 0 Å². The Labute approximate surface area is 85.9 Å². The molecule has 6 heteroatoms. The highest BCUT2D eigenvalue weighted by atomic mass is 35.7. The van der Waals surface area contributed by atoms with E-state index in [0.717, 1.165) is 18.2 Å². The molecule has 78 valence electrons. The SMILES string of the molecule is COCc1cc(S(=O)(=O)Cl)ccc1F. The molecule has 0 amide bonds. The molecule has 1 rings (SSSR count). The lowest BCUT2D eigenvalue weighted by Crippen LogP contribution is -1.97. The molecule has 0 aromatic heterocycles. The van der Waals surface area contributed by atoms with Crippen molar-refractivity contribution in [1.82, 2.24) is 0 Å². The van der Waals surface area contributed by atoms with Gasteiger partial charge in [0.1, 0.15) is 5.82 Å². The minimum atomic E-state index is -3.81. The smallest absolute Gasteiger partial charge is 0.261 e. The first kappa shape index (κ1) is 11.4. The number of methoxy groups -OCH3 is 1. The number of ether oxygens (including phenoxy) is 1. The average Bonchev–Trinajstić information content (AvgIpc) is 2.07. The Hall–Kier alpha value is -0.650. The van der Waals surface area contributed by atoms with Crippen molar-refractivity contribution in [2.45, 2.75) is 11.5 Å². The molecule has 0 saturated heterocycles. The summed E-state index contributed by atoms with van der Waals surface area (Å²) in [4.78, 5) is -0.132. The molecule has 0 fully saturated rings. The summed E-state index contributed by atoms with van der Waals surface area (Å²) in [6.07, 6.45) is 0. The summed E-state index contributed by atoms with van der Waals surface area (Å²) in [5.74, 6) is -0.518. The quantitative estimate of drug-likeness (QED) is 0.756. The number of hydrogen-bond donors (Lipinski definition) is 0. The molecule has 0 aliphatic heterocycles. The first-order valence-corrected chi connectivity index (χ1v) is 5.98. The molecule has 0 unspecified atom stereocenters. The summed E-state index contributed by atoms with van der Waals surface area (Å²) in [5.41, 5.74) is 0.161. The van der Waals surface area contributed by atoms with Crippen LogP contribution in [-0.4, -0.2) is 15.5 Å². The van der Waals surface area contributed by atoms with Gasteiger partial charge in [-0.1, -0.05) is 0 Å². The van der Waals surface area contributed by atoms with Crippen molar-refractivity contribution in [3.05, 3.63) is 29.6 Å². The lowest BCUT2D eigenvalue weighted by molar-refractivity contribution is 0.181. The van der Waals surface area contributed by atoms with Crippen LogP contribution in [0.2, 0.25) is 0 Å². The van der Waals surface area contributed by atoms with E-state index in [9.17, 15) is 12.8 Å². The van der Waals surface area contributed by atoms with Crippen molar-refractivity contribution in [3.63, 3.8) is 0 Å². The number of benzene rings is 1. The monoisotopic (exact) mass is 238 g/mol. The largest absolute Gasteiger partial charge is 0.380 e. The zero-order valence-electron chi connectivity index (χ0n) is 7.33. The fourth-order valence-corrected chi connectivity index (χ4v) is 1.77. The predicted octanol–water partition coefficient (Wildman–Crippen LogP) is 1.90. The van der Waals surface area contributed by atoms with Crippen LogP contribution in [0.4, 0.5) is 4.39 Å². The van der Waals surface area contributed by atoms with Crippen LogP contribution in [0, 0.1) is 5.82 Å². The minimum Gasteiger partial charge on any atom is -0.380 e. The van der Waals surface area contributed by atoms with E-state index in [1.54, 1.807) is 0 Å². The molecule has 1 aromatic rings. The van der Waals surface area contributed by atoms with Gasteiger partial charge in [-0.05, 0) is 18.2 Å². The van der Waals surface area contributed by atoms with Crippen LogP contribution in [0.15, 0.2) is 23.1 Å². The summed E-state index contributed by atoms with van der Waals surface area (Å²) in [5, 5.41) is 0. The molecule has 0 saturated carbocycles. The predicted molar refractivity (Wildman–Crippen MR) is 50.2 cm³/mol. The van der Waals surface area contributed by atoms with E-state index in [0.29, 0.717) is 0 Å². The maximum atomic E-state index is 13.0. The Morgan fingerprint density at radius 1 is 1.50 bits per heavy atom. The molecular formula is C8H8ClFO3S. The molecule has 0 radical (unpaired) electrons. The Bertz CT molecular complexity index is 430. The van der Waals surface area contributed by atoms with Gasteiger partial charge in [-0.15, -0.1) is 0 Å². The molecule has 14 heavy (non-hydrogen) atoms. The Kier molecular flexibility index (Phi) is 3.47. The maximum absolute atomic E-state index is 13.0. The molecule has 0 aliphatic rings. The lowest BCUT2D eigenvalue weighted by atomic mass is 10.2. The van der Waals surface area contributed by atoms with Gasteiger partial charge in [0, 0.05) is 23.4 Å². The number of rotatable bonds is 3. The first-order chi connectivity index (χ1) is 6.45. The zero-order valence-corrected chi connectivity index (χ0v) is 8.90. The van der Waals surface area contributed by atoms with E-state index < -0.39 is 14.9 Å². The summed E-state index contributed by atoms with van der Waals surface area (Å²) < 4.78 is 39.5. The number of hydrogen-bond acceptors (Lipinski definition) is 3. The maximum Gasteiger partial charge on any atom is 0.261 e. The van der Waals surface area contributed by atoms with E-state index in [4.69, 9.17) is 15.4 Å². The molecule has 0 bridgehead atoms. The molecule has 0 N–H and O–H groups in total. The fraction of sp³-hybridized carbons (Fsp3) is 0.250. The van der Waals surface area contributed by atoms with Gasteiger partial charge in [0.15, 0.2) is 0 Å². The zero-order chi connectivity index (χ0) is 10.8. The van der Waals surface area contributed by atoms with Gasteiger partial charge < -0.3 is 4.74 Å². The van der Waals surface area contributed by atoms with E-state index in [1.165, 1.54) is 7.11 Å². The molecule has 0 spiro atoms. The van der Waals surface area contributed by atoms with Crippen LogP contribution < -0.4 is 0 Å². The van der Waals surface area contributed by atoms with E-state index in [1.807, 2.05) is 0 Å². The molecular weight excluding hydrogens is 231 g/mol. The summed E-state index contributed by atoms with van der Waals surface area (Å²) in [6.45, 7) is 0.00603. The van der Waals surface area contributed by atoms with Gasteiger partial charge in [-0.25, -0.2) is 12.8 Å². The van der Waals surface area contributed by atoms with Gasteiger partial charge in [-0.2, -0.15) is 0 Å². The molecule has 0 aliphatic carbocycles. The standard InChI is InChI=1S/C8H8ClFO3S/c1-13-5-6-4-7(14(9,11)12)2-3-8(6)10/h2-4H,5H2,1H3. The second-order valence-corrected chi connectivity index (χ2v) is 5.19. The summed E-state index contributed by atoms with van der Waals surface area (Å²) in [6, 6.07) is 3.31. The van der Waals surface area contributed by atoms with Crippen LogP contribution in [0.3, 0.4) is 0 Å². The van der Waals surface area contributed by atoms with Crippen LogP contribution in [0.5, 0.6) is 0 Å². The Morgan fingerprint density at radius 2 is 2.14 bits per heavy atom. The third kappa shape index (κ3) is 2.67. The Balaban J connectivity index is 3.20. The van der Waals surface area contributed by atoms with Crippen molar-refractivity contribution in [2.75, 3.05) is 7.11 Å². The highest BCUT2D eigenvalue weighted by Gasteiger charge is 2.12. The molecule has 1 aromatic carbocycles. The summed E-state index contributed by atoms with van der Waals surface area (Å²) in [7, 11) is 2.67. The van der Waals surface area contributed by atoms with Gasteiger partial charge in [0.05, 0.1) is 11.5 Å². The first-order valence-electron chi connectivity index (χ1n) is 3.67. The highest BCUT2D eigenvalue weighted by molar-refractivity contribution is 8.13. The van der Waals surface area contributed by atoms with E-state index in [-0.39, 0.29) is 17.1 Å². The average molecular weight is 239 g/mol. The van der Waals surface area contributed by atoms with Crippen molar-refractivity contribution >= 4 is 19.7 Å². The van der Waals surface area contributed by atoms with Crippen LogP contribution in [0.25, 0.3) is 0 Å². The second-order valence-electron chi connectivity index (χ2n) is 2.62. The van der Waals surface area contributed by atoms with Gasteiger partial charge in [0.25, 0.3) is 9.05 Å². The van der Waals surface area contributed by atoms with Crippen molar-refractivity contribution in [1.29, 1.82) is 0 Å². The second kappa shape index (κ2) is 4.25. The van der Waals surface area contributed by atoms with Gasteiger partial charge in [0.2, 0.25) is 0 Å². The van der Waals surface area contributed by atoms with Crippen molar-refractivity contribution in [2.24, 2.45) is 0 Å². The third-order valence-electron chi connectivity index (χ3n) is 1.60. The summed E-state index contributed by atoms with van der Waals surface area (Å²) >= 11 is 0. The number of halogens is 2. The molecule has 0 heterocycles. The fourth-order valence-electron chi connectivity index (χ4n) is 0.969. The van der Waals surface area contributed by atoms with E-state index >= 15 is 0 Å². The normalized spacial score (nSPS) is 11.6. The van der Waals surface area contributed by atoms with Crippen molar-refractivity contribution in [3.8, 4) is 0 Å². The van der Waals surface area contributed by atoms with Crippen LogP contribution in [0.1, 0.15) is 5.56 Å². The molecule has 0 atom stereocenters. The highest BCUT2D eigenvalue weighted by Crippen LogP contribution is 2.18. The topological polar surface area (TPSA) is 43.4 Å². The van der Waals surface area contributed by atoms with Crippen LogP contribution in [-0.2, 0) is 20.4 Å². The minimum absolute atomic E-state index is 0.00603. The van der Waals surface area contributed by atoms with Crippen molar-refractivity contribution < 1.29 is 17.5 Å². The molecule has 3 nitrogen and oxygen atoms in total.